The quantitative estimate of drug-likeness (QED) is 0.874. The molecular formula is C17H22N4O3S. The lowest BCUT2D eigenvalue weighted by Gasteiger charge is -2.24. The summed E-state index contributed by atoms with van der Waals surface area (Å²) in [5, 5.41) is 10.0. The second-order valence-electron chi connectivity index (χ2n) is 6.78. The van der Waals surface area contributed by atoms with Crippen LogP contribution in [-0.4, -0.2) is 41.3 Å². The van der Waals surface area contributed by atoms with Gasteiger partial charge in [0.15, 0.2) is 9.84 Å². The molecule has 1 fully saturated rings. The van der Waals surface area contributed by atoms with Gasteiger partial charge in [-0.2, -0.15) is 5.10 Å². The number of amides is 2. The molecule has 8 heteroatoms. The third kappa shape index (κ3) is 3.68. The predicted octanol–water partition coefficient (Wildman–Crippen LogP) is 2.09. The first-order valence-electron chi connectivity index (χ1n) is 8.08. The highest BCUT2D eigenvalue weighted by molar-refractivity contribution is 7.91. The van der Waals surface area contributed by atoms with Gasteiger partial charge < -0.3 is 5.32 Å². The van der Waals surface area contributed by atoms with Crippen molar-refractivity contribution in [1.82, 2.24) is 15.1 Å². The van der Waals surface area contributed by atoms with Crippen LogP contribution in [-0.2, 0) is 16.9 Å². The highest BCUT2D eigenvalue weighted by Crippen LogP contribution is 2.31. The summed E-state index contributed by atoms with van der Waals surface area (Å²) in [4.78, 5) is 12.5. The van der Waals surface area contributed by atoms with E-state index in [9.17, 15) is 13.2 Å². The van der Waals surface area contributed by atoms with Crippen LogP contribution >= 0.6 is 0 Å². The van der Waals surface area contributed by atoms with E-state index in [4.69, 9.17) is 0 Å². The Morgan fingerprint density at radius 1 is 1.28 bits per heavy atom. The number of carbonyl (C=O) groups excluding carboxylic acids is 1. The summed E-state index contributed by atoms with van der Waals surface area (Å²) in [6.07, 6.45) is 0.415. The topological polar surface area (TPSA) is 93.1 Å². The first-order valence-corrected chi connectivity index (χ1v) is 9.90. The number of rotatable bonds is 3. The van der Waals surface area contributed by atoms with E-state index >= 15 is 0 Å². The normalized spacial score (nSPS) is 21.9. The molecule has 0 aliphatic carbocycles. The average molecular weight is 362 g/mol. The third-order valence-corrected chi connectivity index (χ3v) is 6.34. The average Bonchev–Trinajstić information content (AvgIpc) is 2.95. The lowest BCUT2D eigenvalue weighted by Crippen LogP contribution is -2.48. The number of aromatic nitrogens is 2. The summed E-state index contributed by atoms with van der Waals surface area (Å²) in [5.74, 6) is 0.637. The van der Waals surface area contributed by atoms with Crippen molar-refractivity contribution in [2.45, 2.75) is 25.8 Å². The van der Waals surface area contributed by atoms with E-state index in [1.54, 1.807) is 18.7 Å². The highest BCUT2D eigenvalue weighted by atomic mass is 32.2. The molecule has 0 saturated carbocycles. The molecule has 0 bridgehead atoms. The van der Waals surface area contributed by atoms with Crippen molar-refractivity contribution in [3.63, 3.8) is 0 Å². The summed E-state index contributed by atoms with van der Waals surface area (Å²) in [5.41, 5.74) is 1.86. The molecule has 3 rings (SSSR count). The van der Waals surface area contributed by atoms with E-state index in [-0.39, 0.29) is 11.5 Å². The van der Waals surface area contributed by atoms with Crippen molar-refractivity contribution in [3.05, 3.63) is 36.0 Å². The number of hydrogen-bond acceptors (Lipinski definition) is 4. The Morgan fingerprint density at radius 2 is 1.96 bits per heavy atom. The molecule has 1 atom stereocenters. The molecule has 2 heterocycles. The van der Waals surface area contributed by atoms with Crippen LogP contribution in [0, 0.1) is 6.92 Å². The number of nitrogens with one attached hydrogen (secondary N) is 2. The lowest BCUT2D eigenvalue weighted by atomic mass is 10.0. The SMILES string of the molecule is Cc1nn(C)c(NC(=O)N[C@@]2(C)CCS(=O)(=O)C2)c1-c1ccccc1. The number of urea groups is 1. The van der Waals surface area contributed by atoms with Crippen LogP contribution < -0.4 is 10.6 Å². The number of sulfone groups is 1. The zero-order valence-electron chi connectivity index (χ0n) is 14.5. The van der Waals surface area contributed by atoms with Gasteiger partial charge in [0.2, 0.25) is 0 Å². The van der Waals surface area contributed by atoms with Crippen LogP contribution in [0.5, 0.6) is 0 Å². The Hall–Kier alpha value is -2.35. The number of aryl methyl sites for hydroxylation is 2. The zero-order chi connectivity index (χ0) is 18.2. The second-order valence-corrected chi connectivity index (χ2v) is 8.96. The largest absolute Gasteiger partial charge is 0.332 e. The van der Waals surface area contributed by atoms with Gasteiger partial charge in [0.05, 0.1) is 22.7 Å². The van der Waals surface area contributed by atoms with Crippen LogP contribution in [0.4, 0.5) is 10.6 Å². The van der Waals surface area contributed by atoms with Crippen molar-refractivity contribution in [2.24, 2.45) is 7.05 Å². The van der Waals surface area contributed by atoms with Gasteiger partial charge in [-0.25, -0.2) is 13.2 Å². The lowest BCUT2D eigenvalue weighted by molar-refractivity contribution is 0.242. The van der Waals surface area contributed by atoms with Gasteiger partial charge in [-0.05, 0) is 25.8 Å². The van der Waals surface area contributed by atoms with E-state index in [2.05, 4.69) is 15.7 Å². The summed E-state index contributed by atoms with van der Waals surface area (Å²) in [6.45, 7) is 3.64. The van der Waals surface area contributed by atoms with E-state index in [1.807, 2.05) is 37.3 Å². The molecule has 1 aromatic carbocycles. The Labute approximate surface area is 147 Å². The standard InChI is InChI=1S/C17H22N4O3S/c1-12-14(13-7-5-4-6-8-13)15(21(3)20-12)18-16(22)19-17(2)9-10-25(23,24)11-17/h4-8H,9-11H2,1-3H3,(H2,18,19,22)/t17-/m0/s1. The van der Waals surface area contributed by atoms with Gasteiger partial charge in [-0.1, -0.05) is 30.3 Å². The summed E-state index contributed by atoms with van der Waals surface area (Å²) < 4.78 is 25.0. The minimum Gasteiger partial charge on any atom is -0.332 e. The smallest absolute Gasteiger partial charge is 0.320 e. The predicted molar refractivity (Wildman–Crippen MR) is 97.2 cm³/mol. The molecule has 1 aromatic heterocycles. The molecular weight excluding hydrogens is 340 g/mol. The fourth-order valence-electron chi connectivity index (χ4n) is 3.27. The van der Waals surface area contributed by atoms with Crippen molar-refractivity contribution in [1.29, 1.82) is 0 Å². The Balaban J connectivity index is 1.83. The van der Waals surface area contributed by atoms with Crippen molar-refractivity contribution in [3.8, 4) is 11.1 Å². The Morgan fingerprint density at radius 3 is 2.56 bits per heavy atom. The van der Waals surface area contributed by atoms with Gasteiger partial charge in [0.25, 0.3) is 0 Å². The summed E-state index contributed by atoms with van der Waals surface area (Å²) >= 11 is 0. The Bertz CT molecular complexity index is 905. The molecule has 2 aromatic rings. The summed E-state index contributed by atoms with van der Waals surface area (Å²) in [6, 6.07) is 9.26. The molecule has 2 N–H and O–H groups in total. The molecule has 25 heavy (non-hydrogen) atoms. The molecule has 2 amide bonds. The van der Waals surface area contributed by atoms with Gasteiger partial charge in [-0.3, -0.25) is 10.00 Å². The number of carbonyl (C=O) groups is 1. The maximum atomic E-state index is 12.5. The maximum absolute atomic E-state index is 12.5. The van der Waals surface area contributed by atoms with Gasteiger partial charge in [0, 0.05) is 12.6 Å². The molecule has 134 valence electrons. The van der Waals surface area contributed by atoms with Crippen LogP contribution in [0.25, 0.3) is 11.1 Å². The van der Waals surface area contributed by atoms with E-state index in [0.29, 0.717) is 12.2 Å². The van der Waals surface area contributed by atoms with Crippen LogP contribution in [0.15, 0.2) is 30.3 Å². The molecule has 0 radical (unpaired) electrons. The number of hydrogen-bond donors (Lipinski definition) is 2. The number of benzene rings is 1. The highest BCUT2D eigenvalue weighted by Gasteiger charge is 2.39. The van der Waals surface area contributed by atoms with Gasteiger partial charge >= 0.3 is 6.03 Å². The monoisotopic (exact) mass is 362 g/mol. The number of nitrogens with zero attached hydrogens (tertiary/aromatic N) is 2. The van der Waals surface area contributed by atoms with Crippen molar-refractivity contribution in [2.75, 3.05) is 16.8 Å². The molecule has 1 saturated heterocycles. The Kier molecular flexibility index (Phi) is 4.32. The van der Waals surface area contributed by atoms with E-state index in [1.165, 1.54) is 0 Å². The minimum atomic E-state index is -3.09. The third-order valence-electron chi connectivity index (χ3n) is 4.44. The van der Waals surface area contributed by atoms with E-state index in [0.717, 1.165) is 16.8 Å². The molecule has 1 aliphatic rings. The van der Waals surface area contributed by atoms with Crippen molar-refractivity contribution >= 4 is 21.7 Å². The molecule has 0 spiro atoms. The maximum Gasteiger partial charge on any atom is 0.320 e. The first kappa shape index (κ1) is 17.5. The van der Waals surface area contributed by atoms with E-state index < -0.39 is 21.4 Å². The van der Waals surface area contributed by atoms with Crippen LogP contribution in [0.3, 0.4) is 0 Å². The fraction of sp³-hybridized carbons (Fsp3) is 0.412. The number of anilines is 1. The van der Waals surface area contributed by atoms with Crippen LogP contribution in [0.1, 0.15) is 19.0 Å². The molecule has 1 aliphatic heterocycles. The minimum absolute atomic E-state index is 0.0383. The molecule has 7 nitrogen and oxygen atoms in total. The fourth-order valence-corrected chi connectivity index (χ4v) is 5.37. The molecule has 0 unspecified atom stereocenters. The second kappa shape index (κ2) is 6.18. The van der Waals surface area contributed by atoms with Gasteiger partial charge in [-0.15, -0.1) is 0 Å². The zero-order valence-corrected chi connectivity index (χ0v) is 15.4. The van der Waals surface area contributed by atoms with Gasteiger partial charge in [0.1, 0.15) is 5.82 Å². The van der Waals surface area contributed by atoms with Crippen molar-refractivity contribution < 1.29 is 13.2 Å². The first-order chi connectivity index (χ1) is 11.7. The van der Waals surface area contributed by atoms with Crippen LogP contribution in [0.2, 0.25) is 0 Å². The summed E-state index contributed by atoms with van der Waals surface area (Å²) in [7, 11) is -1.33.